The molecule has 0 spiro atoms. The van der Waals surface area contributed by atoms with E-state index in [1.807, 2.05) is 0 Å². The maximum atomic E-state index is 11.5. The molecule has 14 heavy (non-hydrogen) atoms. The lowest BCUT2D eigenvalue weighted by molar-refractivity contribution is -0.137. The van der Waals surface area contributed by atoms with E-state index in [0.717, 1.165) is 0 Å². The van der Waals surface area contributed by atoms with Crippen molar-refractivity contribution in [2.24, 2.45) is 5.73 Å². The van der Waals surface area contributed by atoms with Crippen molar-refractivity contribution in [1.29, 1.82) is 0 Å². The average Bonchev–Trinajstić information content (AvgIpc) is 2.17. The minimum atomic E-state index is -1.09. The van der Waals surface area contributed by atoms with Gasteiger partial charge in [-0.25, -0.2) is 0 Å². The number of aliphatic carboxylic acids is 1. The predicted octanol–water partition coefficient (Wildman–Crippen LogP) is 0.0663. The Hall–Kier alpha value is -1.75. The molecule has 1 atom stereocenters. The summed E-state index contributed by atoms with van der Waals surface area (Å²) in [5.74, 6) is -1.49. The van der Waals surface area contributed by atoms with E-state index in [0.29, 0.717) is 5.56 Å². The van der Waals surface area contributed by atoms with Crippen LogP contribution in [0.25, 0.3) is 0 Å². The number of Topliss-reactive ketones (excluding diaryl/α,β-unsaturated/α-hetero) is 1. The second kappa shape index (κ2) is 4.48. The predicted molar refractivity (Wildman–Crippen MR) is 48.8 cm³/mol. The molecule has 1 rings (SSSR count). The van der Waals surface area contributed by atoms with E-state index < -0.39 is 17.8 Å². The number of carboxylic acid groups (broad SMARTS) is 1. The quantitative estimate of drug-likeness (QED) is 0.661. The van der Waals surface area contributed by atoms with E-state index in [1.54, 1.807) is 12.1 Å². The van der Waals surface area contributed by atoms with Gasteiger partial charge in [-0.3, -0.25) is 14.6 Å². The van der Waals surface area contributed by atoms with Gasteiger partial charge >= 0.3 is 5.97 Å². The zero-order valence-electron chi connectivity index (χ0n) is 7.38. The third kappa shape index (κ3) is 2.63. The SMILES string of the molecule is NC(CC(=O)O)C(=O)c1cccnc1. The van der Waals surface area contributed by atoms with Crippen LogP contribution in [0.2, 0.25) is 0 Å². The Balaban J connectivity index is 2.71. The molecule has 0 aliphatic carbocycles. The number of carbonyl (C=O) groups excluding carboxylic acids is 1. The van der Waals surface area contributed by atoms with Crippen LogP contribution in [0.4, 0.5) is 0 Å². The lowest BCUT2D eigenvalue weighted by Crippen LogP contribution is -2.32. The second-order valence-corrected chi connectivity index (χ2v) is 2.81. The van der Waals surface area contributed by atoms with Crippen LogP contribution in [-0.2, 0) is 4.79 Å². The van der Waals surface area contributed by atoms with Gasteiger partial charge in [0.25, 0.3) is 0 Å². The topological polar surface area (TPSA) is 93.3 Å². The molecule has 1 unspecified atom stereocenters. The maximum Gasteiger partial charge on any atom is 0.305 e. The summed E-state index contributed by atoms with van der Waals surface area (Å²) in [4.78, 5) is 25.5. The Morgan fingerprint density at radius 3 is 2.79 bits per heavy atom. The van der Waals surface area contributed by atoms with Crippen LogP contribution in [0.15, 0.2) is 24.5 Å². The van der Waals surface area contributed by atoms with Gasteiger partial charge in [-0.05, 0) is 12.1 Å². The molecule has 0 radical (unpaired) electrons. The Kier molecular flexibility index (Phi) is 3.30. The lowest BCUT2D eigenvalue weighted by atomic mass is 10.0. The Morgan fingerprint density at radius 2 is 2.29 bits per heavy atom. The van der Waals surface area contributed by atoms with Gasteiger partial charge in [0.15, 0.2) is 5.78 Å². The van der Waals surface area contributed by atoms with Gasteiger partial charge in [0, 0.05) is 18.0 Å². The summed E-state index contributed by atoms with van der Waals surface area (Å²) in [6.07, 6.45) is 2.53. The first kappa shape index (κ1) is 10.3. The summed E-state index contributed by atoms with van der Waals surface area (Å²) in [5, 5.41) is 8.43. The molecule has 1 aromatic rings. The summed E-state index contributed by atoms with van der Waals surface area (Å²) >= 11 is 0. The highest BCUT2D eigenvalue weighted by Crippen LogP contribution is 2.02. The third-order valence-corrected chi connectivity index (χ3v) is 1.68. The maximum absolute atomic E-state index is 11.5. The highest BCUT2D eigenvalue weighted by molar-refractivity contribution is 6.01. The molecule has 0 saturated carbocycles. The average molecular weight is 194 g/mol. The summed E-state index contributed by atoms with van der Waals surface area (Å²) in [5.41, 5.74) is 5.73. The molecule has 0 aromatic carbocycles. The number of rotatable bonds is 4. The Labute approximate surface area is 80.6 Å². The first-order chi connectivity index (χ1) is 6.61. The largest absolute Gasteiger partial charge is 0.481 e. The molecule has 1 heterocycles. The number of ketones is 1. The molecular weight excluding hydrogens is 184 g/mol. The fourth-order valence-corrected chi connectivity index (χ4v) is 1.00. The summed E-state index contributed by atoms with van der Waals surface area (Å²) in [7, 11) is 0. The molecule has 1 aromatic heterocycles. The Morgan fingerprint density at radius 1 is 1.57 bits per heavy atom. The molecule has 0 saturated heterocycles. The summed E-state index contributed by atoms with van der Waals surface area (Å²) < 4.78 is 0. The van der Waals surface area contributed by atoms with Crippen LogP contribution in [0.5, 0.6) is 0 Å². The highest BCUT2D eigenvalue weighted by Gasteiger charge is 2.18. The van der Waals surface area contributed by atoms with Crippen molar-refractivity contribution in [3.63, 3.8) is 0 Å². The fourth-order valence-electron chi connectivity index (χ4n) is 1.00. The number of nitrogens with zero attached hydrogens (tertiary/aromatic N) is 1. The smallest absolute Gasteiger partial charge is 0.305 e. The minimum Gasteiger partial charge on any atom is -0.481 e. The van der Waals surface area contributed by atoms with Crippen molar-refractivity contribution in [3.05, 3.63) is 30.1 Å². The lowest BCUT2D eigenvalue weighted by Gasteiger charge is -2.06. The monoisotopic (exact) mass is 194 g/mol. The van der Waals surface area contributed by atoms with Gasteiger partial charge in [0.2, 0.25) is 0 Å². The van der Waals surface area contributed by atoms with Crippen molar-refractivity contribution < 1.29 is 14.7 Å². The first-order valence-corrected chi connectivity index (χ1v) is 4.03. The number of carbonyl (C=O) groups is 2. The first-order valence-electron chi connectivity index (χ1n) is 4.03. The zero-order chi connectivity index (χ0) is 10.6. The number of aromatic nitrogens is 1. The molecule has 0 aliphatic heterocycles. The van der Waals surface area contributed by atoms with Crippen molar-refractivity contribution >= 4 is 11.8 Å². The van der Waals surface area contributed by atoms with E-state index in [2.05, 4.69) is 4.98 Å². The molecular formula is C9H10N2O3. The molecule has 5 nitrogen and oxygen atoms in total. The van der Waals surface area contributed by atoms with E-state index in [4.69, 9.17) is 10.8 Å². The fraction of sp³-hybridized carbons (Fsp3) is 0.222. The number of hydrogen-bond donors (Lipinski definition) is 2. The molecule has 0 amide bonds. The van der Waals surface area contributed by atoms with Crippen molar-refractivity contribution in [1.82, 2.24) is 4.98 Å². The van der Waals surface area contributed by atoms with Gasteiger partial charge in [0.05, 0.1) is 12.5 Å². The van der Waals surface area contributed by atoms with Gasteiger partial charge in [-0.15, -0.1) is 0 Å². The van der Waals surface area contributed by atoms with E-state index in [-0.39, 0.29) is 6.42 Å². The van der Waals surface area contributed by atoms with Crippen LogP contribution in [0.3, 0.4) is 0 Å². The van der Waals surface area contributed by atoms with E-state index in [1.165, 1.54) is 12.4 Å². The normalized spacial score (nSPS) is 12.1. The van der Waals surface area contributed by atoms with Crippen LogP contribution in [0, 0.1) is 0 Å². The molecule has 74 valence electrons. The third-order valence-electron chi connectivity index (χ3n) is 1.68. The zero-order valence-corrected chi connectivity index (χ0v) is 7.38. The number of pyridine rings is 1. The molecule has 0 bridgehead atoms. The molecule has 0 fully saturated rings. The van der Waals surface area contributed by atoms with Crippen molar-refractivity contribution in [2.45, 2.75) is 12.5 Å². The number of carboxylic acids is 1. The van der Waals surface area contributed by atoms with E-state index in [9.17, 15) is 9.59 Å². The van der Waals surface area contributed by atoms with Crippen LogP contribution in [0.1, 0.15) is 16.8 Å². The van der Waals surface area contributed by atoms with Gasteiger partial charge in [-0.1, -0.05) is 0 Å². The summed E-state index contributed by atoms with van der Waals surface area (Å²) in [6, 6.07) is 2.15. The standard InChI is InChI=1S/C9H10N2O3/c10-7(4-8(12)13)9(14)6-2-1-3-11-5-6/h1-3,5,7H,4,10H2,(H,12,13). The van der Waals surface area contributed by atoms with Crippen molar-refractivity contribution in [2.75, 3.05) is 0 Å². The van der Waals surface area contributed by atoms with E-state index >= 15 is 0 Å². The van der Waals surface area contributed by atoms with Crippen molar-refractivity contribution in [3.8, 4) is 0 Å². The molecule has 3 N–H and O–H groups in total. The summed E-state index contributed by atoms with van der Waals surface area (Å²) in [6.45, 7) is 0. The van der Waals surface area contributed by atoms with Crippen LogP contribution in [-0.4, -0.2) is 27.9 Å². The van der Waals surface area contributed by atoms with Gasteiger partial charge in [0.1, 0.15) is 0 Å². The second-order valence-electron chi connectivity index (χ2n) is 2.81. The van der Waals surface area contributed by atoms with Gasteiger partial charge in [-0.2, -0.15) is 0 Å². The van der Waals surface area contributed by atoms with Gasteiger partial charge < -0.3 is 10.8 Å². The Bertz CT molecular complexity index is 337. The number of nitrogens with two attached hydrogens (primary N) is 1. The van der Waals surface area contributed by atoms with Crippen LogP contribution < -0.4 is 5.73 Å². The minimum absolute atomic E-state index is 0.334. The highest BCUT2D eigenvalue weighted by atomic mass is 16.4. The molecule has 5 heteroatoms. The number of hydrogen-bond acceptors (Lipinski definition) is 4. The molecule has 0 aliphatic rings. The van der Waals surface area contributed by atoms with Crippen LogP contribution >= 0.6 is 0 Å².